The lowest BCUT2D eigenvalue weighted by atomic mass is 10.4. The monoisotopic (exact) mass is 265 g/mol. The van der Waals surface area contributed by atoms with Gasteiger partial charge in [-0.25, -0.2) is 4.98 Å². The highest BCUT2D eigenvalue weighted by atomic mass is 35.5. The van der Waals surface area contributed by atoms with Gasteiger partial charge in [0.2, 0.25) is 5.88 Å². The van der Waals surface area contributed by atoms with Crippen molar-refractivity contribution < 1.29 is 4.74 Å². The van der Waals surface area contributed by atoms with E-state index in [1.807, 2.05) is 23.6 Å². The molecular formula is C11H8ClN3OS. The van der Waals surface area contributed by atoms with Crippen molar-refractivity contribution in [1.29, 1.82) is 0 Å². The number of halogens is 1. The van der Waals surface area contributed by atoms with Gasteiger partial charge in [-0.15, -0.1) is 11.3 Å². The molecule has 3 aromatic heterocycles. The van der Waals surface area contributed by atoms with Crippen molar-refractivity contribution in [2.45, 2.75) is 0 Å². The SMILES string of the molecule is COc1c(-c2cccs2)nc2ccc(Cl)nn12. The molecule has 0 atom stereocenters. The van der Waals surface area contributed by atoms with Gasteiger partial charge in [0.1, 0.15) is 10.8 Å². The third-order valence-corrected chi connectivity index (χ3v) is 3.43. The molecular weight excluding hydrogens is 258 g/mol. The van der Waals surface area contributed by atoms with Crippen LogP contribution in [0, 0.1) is 0 Å². The molecule has 3 heterocycles. The van der Waals surface area contributed by atoms with Crippen molar-refractivity contribution in [3.63, 3.8) is 0 Å². The molecule has 0 aliphatic rings. The predicted octanol–water partition coefficient (Wildman–Crippen LogP) is 3.12. The second-order valence-electron chi connectivity index (χ2n) is 3.37. The van der Waals surface area contributed by atoms with Crippen LogP contribution in [0.5, 0.6) is 5.88 Å². The number of imidazole rings is 1. The summed E-state index contributed by atoms with van der Waals surface area (Å²) >= 11 is 7.48. The van der Waals surface area contributed by atoms with Crippen molar-refractivity contribution in [2.75, 3.05) is 7.11 Å². The number of thiophene rings is 1. The minimum atomic E-state index is 0.408. The van der Waals surface area contributed by atoms with Crippen LogP contribution in [0.25, 0.3) is 16.2 Å². The Morgan fingerprint density at radius 1 is 1.35 bits per heavy atom. The highest BCUT2D eigenvalue weighted by molar-refractivity contribution is 7.13. The van der Waals surface area contributed by atoms with Crippen LogP contribution in [0.15, 0.2) is 29.6 Å². The third-order valence-electron chi connectivity index (χ3n) is 2.35. The van der Waals surface area contributed by atoms with E-state index >= 15 is 0 Å². The first kappa shape index (κ1) is 10.6. The summed E-state index contributed by atoms with van der Waals surface area (Å²) in [5, 5.41) is 6.58. The van der Waals surface area contributed by atoms with Crippen molar-refractivity contribution in [3.05, 3.63) is 34.8 Å². The summed E-state index contributed by atoms with van der Waals surface area (Å²) in [5.74, 6) is 0.602. The highest BCUT2D eigenvalue weighted by Crippen LogP contribution is 2.32. The zero-order chi connectivity index (χ0) is 11.8. The molecule has 0 unspecified atom stereocenters. The molecule has 0 fully saturated rings. The second-order valence-corrected chi connectivity index (χ2v) is 4.71. The van der Waals surface area contributed by atoms with Gasteiger partial charge >= 0.3 is 0 Å². The number of methoxy groups -OCH3 is 1. The lowest BCUT2D eigenvalue weighted by Gasteiger charge is -2.00. The molecule has 0 amide bonds. The Kier molecular flexibility index (Phi) is 2.49. The largest absolute Gasteiger partial charge is 0.479 e. The van der Waals surface area contributed by atoms with Crippen LogP contribution in [0.3, 0.4) is 0 Å². The van der Waals surface area contributed by atoms with Crippen LogP contribution in [-0.2, 0) is 0 Å². The number of aromatic nitrogens is 3. The number of fused-ring (bicyclic) bond motifs is 1. The molecule has 0 bridgehead atoms. The summed E-state index contributed by atoms with van der Waals surface area (Å²) in [6.07, 6.45) is 0. The molecule has 0 aliphatic heterocycles. The van der Waals surface area contributed by atoms with E-state index in [1.165, 1.54) is 0 Å². The predicted molar refractivity (Wildman–Crippen MR) is 67.9 cm³/mol. The van der Waals surface area contributed by atoms with Gasteiger partial charge in [0.25, 0.3) is 0 Å². The van der Waals surface area contributed by atoms with E-state index in [9.17, 15) is 0 Å². The molecule has 4 nitrogen and oxygen atoms in total. The third kappa shape index (κ3) is 1.67. The van der Waals surface area contributed by atoms with E-state index in [1.54, 1.807) is 29.0 Å². The molecule has 3 rings (SSSR count). The molecule has 0 spiro atoms. The van der Waals surface area contributed by atoms with Gasteiger partial charge in [0, 0.05) is 0 Å². The average Bonchev–Trinajstić information content (AvgIpc) is 2.94. The van der Waals surface area contributed by atoms with Crippen molar-refractivity contribution in [1.82, 2.24) is 14.6 Å². The Labute approximate surface area is 106 Å². The quantitative estimate of drug-likeness (QED) is 0.715. The highest BCUT2D eigenvalue weighted by Gasteiger charge is 2.16. The summed E-state index contributed by atoms with van der Waals surface area (Å²) in [4.78, 5) is 5.54. The Morgan fingerprint density at radius 2 is 2.24 bits per heavy atom. The number of hydrogen-bond donors (Lipinski definition) is 0. The van der Waals surface area contributed by atoms with Gasteiger partial charge in [0.15, 0.2) is 5.65 Å². The van der Waals surface area contributed by atoms with E-state index < -0.39 is 0 Å². The molecule has 3 aromatic rings. The van der Waals surface area contributed by atoms with Gasteiger partial charge in [-0.2, -0.15) is 9.61 Å². The maximum Gasteiger partial charge on any atom is 0.244 e. The van der Waals surface area contributed by atoms with Gasteiger partial charge in [0.05, 0.1) is 12.0 Å². The van der Waals surface area contributed by atoms with Crippen LogP contribution in [0.2, 0.25) is 5.15 Å². The van der Waals surface area contributed by atoms with Gasteiger partial charge in [-0.05, 0) is 23.6 Å². The molecule has 6 heteroatoms. The van der Waals surface area contributed by atoms with E-state index in [0.717, 1.165) is 16.2 Å². The molecule has 17 heavy (non-hydrogen) atoms. The zero-order valence-electron chi connectivity index (χ0n) is 8.92. The fraction of sp³-hybridized carbons (Fsp3) is 0.0909. The first-order valence-electron chi connectivity index (χ1n) is 4.93. The molecule has 0 radical (unpaired) electrons. The summed E-state index contributed by atoms with van der Waals surface area (Å²) in [6, 6.07) is 7.50. The maximum atomic E-state index is 5.87. The Morgan fingerprint density at radius 3 is 2.94 bits per heavy atom. The summed E-state index contributed by atoms with van der Waals surface area (Å²) in [5.41, 5.74) is 1.51. The molecule has 0 saturated heterocycles. The van der Waals surface area contributed by atoms with Crippen LogP contribution in [0.4, 0.5) is 0 Å². The Hall–Kier alpha value is -1.59. The summed E-state index contributed by atoms with van der Waals surface area (Å²) in [7, 11) is 1.60. The maximum absolute atomic E-state index is 5.87. The van der Waals surface area contributed by atoms with E-state index in [4.69, 9.17) is 16.3 Å². The van der Waals surface area contributed by atoms with E-state index in [0.29, 0.717) is 11.0 Å². The van der Waals surface area contributed by atoms with Crippen molar-refractivity contribution in [2.24, 2.45) is 0 Å². The average molecular weight is 266 g/mol. The number of rotatable bonds is 2. The minimum Gasteiger partial charge on any atom is -0.479 e. The Bertz CT molecular complexity index is 663. The number of nitrogens with zero attached hydrogens (tertiary/aromatic N) is 3. The minimum absolute atomic E-state index is 0.408. The first-order valence-corrected chi connectivity index (χ1v) is 6.18. The van der Waals surface area contributed by atoms with Gasteiger partial charge in [-0.1, -0.05) is 17.7 Å². The first-order chi connectivity index (χ1) is 8.29. The zero-order valence-corrected chi connectivity index (χ0v) is 10.5. The Balaban J connectivity index is 2.32. The standard InChI is InChI=1S/C11H8ClN3OS/c1-16-11-10(7-3-2-6-17-7)13-9-5-4-8(12)14-15(9)11/h2-6H,1H3. The smallest absolute Gasteiger partial charge is 0.244 e. The summed E-state index contributed by atoms with van der Waals surface area (Å²) in [6.45, 7) is 0. The second kappa shape index (κ2) is 4.01. The van der Waals surface area contributed by atoms with E-state index in [2.05, 4.69) is 10.1 Å². The molecule has 0 aromatic carbocycles. The van der Waals surface area contributed by atoms with Crippen LogP contribution in [-0.4, -0.2) is 21.7 Å². The molecule has 0 saturated carbocycles. The fourth-order valence-electron chi connectivity index (χ4n) is 1.65. The van der Waals surface area contributed by atoms with Crippen molar-refractivity contribution in [3.8, 4) is 16.5 Å². The number of hydrogen-bond acceptors (Lipinski definition) is 4. The van der Waals surface area contributed by atoms with Crippen molar-refractivity contribution >= 4 is 28.6 Å². The molecule has 86 valence electrons. The van der Waals surface area contributed by atoms with Crippen LogP contribution < -0.4 is 4.74 Å². The lowest BCUT2D eigenvalue weighted by Crippen LogP contribution is -1.95. The van der Waals surface area contributed by atoms with E-state index in [-0.39, 0.29) is 0 Å². The lowest BCUT2D eigenvalue weighted by molar-refractivity contribution is 0.389. The molecule has 0 aliphatic carbocycles. The summed E-state index contributed by atoms with van der Waals surface area (Å²) < 4.78 is 6.97. The van der Waals surface area contributed by atoms with Crippen LogP contribution >= 0.6 is 22.9 Å². The normalized spacial score (nSPS) is 10.9. The topological polar surface area (TPSA) is 39.4 Å². The molecule has 0 N–H and O–H groups in total. The number of ether oxygens (including phenoxy) is 1. The van der Waals surface area contributed by atoms with Crippen LogP contribution in [0.1, 0.15) is 0 Å². The van der Waals surface area contributed by atoms with Gasteiger partial charge in [-0.3, -0.25) is 0 Å². The van der Waals surface area contributed by atoms with Gasteiger partial charge < -0.3 is 4.74 Å². The fourth-order valence-corrected chi connectivity index (χ4v) is 2.49.